The van der Waals surface area contributed by atoms with Gasteiger partial charge in [-0.05, 0) is 19.1 Å². The molecular weight excluding hydrogens is 252 g/mol. The zero-order chi connectivity index (χ0) is 14.1. The van der Waals surface area contributed by atoms with Crippen LogP contribution in [-0.4, -0.2) is 20.7 Å². The lowest BCUT2D eigenvalue weighted by molar-refractivity contribution is 0.102. The molecule has 5 nitrogen and oxygen atoms in total. The van der Waals surface area contributed by atoms with E-state index in [0.29, 0.717) is 5.56 Å². The number of carbonyl (C=O) groups excluding carboxylic acids is 1. The zero-order valence-electron chi connectivity index (χ0n) is 11.3. The molecule has 3 aromatic rings. The number of nitrogens with one attached hydrogen (secondary N) is 1. The Morgan fingerprint density at radius 1 is 1.25 bits per heavy atom. The number of pyridine rings is 1. The van der Waals surface area contributed by atoms with Crippen molar-refractivity contribution in [2.24, 2.45) is 7.05 Å². The molecule has 3 rings (SSSR count). The van der Waals surface area contributed by atoms with Gasteiger partial charge in [0.1, 0.15) is 0 Å². The third-order valence-corrected chi connectivity index (χ3v) is 3.16. The third-order valence-electron chi connectivity index (χ3n) is 3.16. The summed E-state index contributed by atoms with van der Waals surface area (Å²) < 4.78 is 1.68. The predicted molar refractivity (Wildman–Crippen MR) is 77.6 cm³/mol. The maximum absolute atomic E-state index is 12.4. The molecule has 1 N–H and O–H groups in total. The van der Waals surface area contributed by atoms with Crippen molar-refractivity contribution in [2.75, 3.05) is 5.32 Å². The molecule has 0 radical (unpaired) electrons. The van der Waals surface area contributed by atoms with E-state index in [-0.39, 0.29) is 5.91 Å². The largest absolute Gasteiger partial charge is 0.319 e. The van der Waals surface area contributed by atoms with Gasteiger partial charge in [0, 0.05) is 24.8 Å². The van der Waals surface area contributed by atoms with Gasteiger partial charge in [0.25, 0.3) is 5.91 Å². The van der Waals surface area contributed by atoms with E-state index in [0.717, 1.165) is 22.3 Å². The van der Waals surface area contributed by atoms with Crippen molar-refractivity contribution in [1.82, 2.24) is 14.8 Å². The molecule has 0 aliphatic heterocycles. The first kappa shape index (κ1) is 12.3. The SMILES string of the molecule is Cc1nn(C)cc1NC(=O)c1ccnc2ccccc12. The Bertz CT molecular complexity index is 786. The molecule has 0 atom stereocenters. The van der Waals surface area contributed by atoms with Crippen LogP contribution in [0.5, 0.6) is 0 Å². The van der Waals surface area contributed by atoms with Gasteiger partial charge in [0.05, 0.1) is 22.5 Å². The van der Waals surface area contributed by atoms with Crippen LogP contribution >= 0.6 is 0 Å². The number of amides is 1. The lowest BCUT2D eigenvalue weighted by Gasteiger charge is -2.06. The molecule has 0 saturated carbocycles. The predicted octanol–water partition coefficient (Wildman–Crippen LogP) is 2.53. The minimum atomic E-state index is -0.153. The van der Waals surface area contributed by atoms with E-state index in [1.807, 2.05) is 38.2 Å². The maximum atomic E-state index is 12.4. The van der Waals surface area contributed by atoms with Crippen LogP contribution in [0.1, 0.15) is 16.1 Å². The second kappa shape index (κ2) is 4.77. The van der Waals surface area contributed by atoms with Crippen LogP contribution in [-0.2, 0) is 7.05 Å². The molecule has 0 saturated heterocycles. The minimum absolute atomic E-state index is 0.153. The van der Waals surface area contributed by atoms with E-state index >= 15 is 0 Å². The molecule has 20 heavy (non-hydrogen) atoms. The van der Waals surface area contributed by atoms with Crippen LogP contribution in [0, 0.1) is 6.92 Å². The van der Waals surface area contributed by atoms with Crippen molar-refractivity contribution in [3.63, 3.8) is 0 Å². The first-order valence-corrected chi connectivity index (χ1v) is 6.30. The molecule has 0 aliphatic rings. The van der Waals surface area contributed by atoms with Crippen LogP contribution in [0.15, 0.2) is 42.7 Å². The van der Waals surface area contributed by atoms with Crippen molar-refractivity contribution in [3.8, 4) is 0 Å². The van der Waals surface area contributed by atoms with E-state index in [1.54, 1.807) is 23.1 Å². The van der Waals surface area contributed by atoms with Gasteiger partial charge in [-0.25, -0.2) is 0 Å². The summed E-state index contributed by atoms with van der Waals surface area (Å²) in [7, 11) is 1.82. The van der Waals surface area contributed by atoms with E-state index in [4.69, 9.17) is 0 Å². The quantitative estimate of drug-likeness (QED) is 0.775. The fourth-order valence-electron chi connectivity index (χ4n) is 2.21. The summed E-state index contributed by atoms with van der Waals surface area (Å²) in [6, 6.07) is 9.32. The summed E-state index contributed by atoms with van der Waals surface area (Å²) in [5, 5.41) is 7.94. The molecule has 0 bridgehead atoms. The monoisotopic (exact) mass is 266 g/mol. The molecule has 0 fully saturated rings. The molecule has 1 amide bonds. The smallest absolute Gasteiger partial charge is 0.256 e. The summed E-state index contributed by atoms with van der Waals surface area (Å²) in [4.78, 5) is 16.7. The van der Waals surface area contributed by atoms with Gasteiger partial charge < -0.3 is 5.32 Å². The normalized spacial score (nSPS) is 10.7. The molecular formula is C15H14N4O. The van der Waals surface area contributed by atoms with E-state index in [1.165, 1.54) is 0 Å². The summed E-state index contributed by atoms with van der Waals surface area (Å²) in [6.07, 6.45) is 3.43. The fraction of sp³-hybridized carbons (Fsp3) is 0.133. The molecule has 1 aromatic carbocycles. The highest BCUT2D eigenvalue weighted by Gasteiger charge is 2.12. The molecule has 5 heteroatoms. The Morgan fingerprint density at radius 3 is 2.80 bits per heavy atom. The molecule has 0 unspecified atom stereocenters. The average Bonchev–Trinajstić information content (AvgIpc) is 2.76. The number of nitrogens with zero attached hydrogens (tertiary/aromatic N) is 3. The Kier molecular flexibility index (Phi) is 2.95. The van der Waals surface area contributed by atoms with E-state index < -0.39 is 0 Å². The zero-order valence-corrected chi connectivity index (χ0v) is 11.3. The van der Waals surface area contributed by atoms with Gasteiger partial charge >= 0.3 is 0 Å². The third kappa shape index (κ3) is 2.14. The minimum Gasteiger partial charge on any atom is -0.319 e. The Hall–Kier alpha value is -2.69. The number of aromatic nitrogens is 3. The van der Waals surface area contributed by atoms with Crippen LogP contribution in [0.4, 0.5) is 5.69 Å². The first-order chi connectivity index (χ1) is 9.65. The summed E-state index contributed by atoms with van der Waals surface area (Å²) in [6.45, 7) is 1.86. The molecule has 0 spiro atoms. The lowest BCUT2D eigenvalue weighted by atomic mass is 10.1. The Labute approximate surface area is 116 Å². The Morgan fingerprint density at radius 2 is 2.05 bits per heavy atom. The van der Waals surface area contributed by atoms with Gasteiger partial charge in [-0.15, -0.1) is 0 Å². The second-order valence-electron chi connectivity index (χ2n) is 4.63. The summed E-state index contributed by atoms with van der Waals surface area (Å²) in [5.41, 5.74) is 2.93. The number of hydrogen-bond donors (Lipinski definition) is 1. The van der Waals surface area contributed by atoms with Crippen LogP contribution in [0.25, 0.3) is 10.9 Å². The highest BCUT2D eigenvalue weighted by Crippen LogP contribution is 2.19. The number of para-hydroxylation sites is 1. The molecule has 100 valence electrons. The van der Waals surface area contributed by atoms with Gasteiger partial charge in [-0.2, -0.15) is 5.10 Å². The van der Waals surface area contributed by atoms with Crippen molar-refractivity contribution in [2.45, 2.75) is 6.92 Å². The number of fused-ring (bicyclic) bond motifs is 1. The number of anilines is 1. The second-order valence-corrected chi connectivity index (χ2v) is 4.63. The number of rotatable bonds is 2. The van der Waals surface area contributed by atoms with Crippen LogP contribution in [0.2, 0.25) is 0 Å². The van der Waals surface area contributed by atoms with Crippen molar-refractivity contribution >= 4 is 22.5 Å². The fourth-order valence-corrected chi connectivity index (χ4v) is 2.21. The van der Waals surface area contributed by atoms with Crippen LogP contribution in [0.3, 0.4) is 0 Å². The van der Waals surface area contributed by atoms with Gasteiger partial charge in [-0.1, -0.05) is 18.2 Å². The molecule has 2 aromatic heterocycles. The number of hydrogen-bond acceptors (Lipinski definition) is 3. The van der Waals surface area contributed by atoms with E-state index in [2.05, 4.69) is 15.4 Å². The van der Waals surface area contributed by atoms with Crippen LogP contribution < -0.4 is 5.32 Å². The number of carbonyl (C=O) groups is 1. The topological polar surface area (TPSA) is 59.8 Å². The maximum Gasteiger partial charge on any atom is 0.256 e. The summed E-state index contributed by atoms with van der Waals surface area (Å²) in [5.74, 6) is -0.153. The highest BCUT2D eigenvalue weighted by molar-refractivity contribution is 6.12. The number of aryl methyl sites for hydroxylation is 2. The van der Waals surface area contributed by atoms with Crippen molar-refractivity contribution < 1.29 is 4.79 Å². The van der Waals surface area contributed by atoms with E-state index in [9.17, 15) is 4.79 Å². The highest BCUT2D eigenvalue weighted by atomic mass is 16.1. The summed E-state index contributed by atoms with van der Waals surface area (Å²) >= 11 is 0. The average molecular weight is 266 g/mol. The standard InChI is InChI=1S/C15H14N4O/c1-10-14(9-19(2)18-10)17-15(20)12-7-8-16-13-6-4-3-5-11(12)13/h3-9H,1-2H3,(H,17,20). The first-order valence-electron chi connectivity index (χ1n) is 6.30. The van der Waals surface area contributed by atoms with Gasteiger partial charge in [0.15, 0.2) is 0 Å². The lowest BCUT2D eigenvalue weighted by Crippen LogP contribution is -2.12. The molecule has 0 aliphatic carbocycles. The van der Waals surface area contributed by atoms with Gasteiger partial charge in [0.2, 0.25) is 0 Å². The van der Waals surface area contributed by atoms with Gasteiger partial charge in [-0.3, -0.25) is 14.5 Å². The number of benzene rings is 1. The Balaban J connectivity index is 1.99. The molecule has 2 heterocycles. The van der Waals surface area contributed by atoms with Crippen molar-refractivity contribution in [1.29, 1.82) is 0 Å². The van der Waals surface area contributed by atoms with Crippen molar-refractivity contribution in [3.05, 3.63) is 54.0 Å².